The van der Waals surface area contributed by atoms with Crippen LogP contribution in [0.5, 0.6) is 0 Å². The first kappa shape index (κ1) is 15.1. The van der Waals surface area contributed by atoms with E-state index in [1.807, 2.05) is 0 Å². The molecule has 0 aliphatic rings. The topological polar surface area (TPSA) is 66.4 Å². The number of nitrogens with one attached hydrogen (secondary N) is 1. The van der Waals surface area contributed by atoms with Gasteiger partial charge in [-0.25, -0.2) is 4.79 Å². The Morgan fingerprint density at radius 1 is 1.10 bits per heavy atom. The van der Waals surface area contributed by atoms with Gasteiger partial charge in [-0.1, -0.05) is 29.3 Å². The average molecular weight is 304 g/mol. The summed E-state index contributed by atoms with van der Waals surface area (Å²) in [4.78, 5) is 23.5. The van der Waals surface area contributed by atoms with E-state index < -0.39 is 5.97 Å². The van der Waals surface area contributed by atoms with Crippen molar-refractivity contribution in [2.45, 2.75) is 13.8 Å². The molecule has 1 amide bonds. The van der Waals surface area contributed by atoms with Gasteiger partial charge in [-0.15, -0.1) is 0 Å². The molecule has 0 radical (unpaired) electrons. The fourth-order valence-electron chi connectivity index (χ4n) is 1.99. The molecule has 0 saturated carbocycles. The first-order chi connectivity index (χ1) is 9.90. The van der Waals surface area contributed by atoms with Gasteiger partial charge in [0.25, 0.3) is 5.91 Å². The Hall–Kier alpha value is -2.33. The van der Waals surface area contributed by atoms with Crippen LogP contribution in [0.25, 0.3) is 0 Å². The molecule has 2 aromatic carbocycles. The van der Waals surface area contributed by atoms with Crippen LogP contribution in [0.4, 0.5) is 5.69 Å². The summed E-state index contributed by atoms with van der Waals surface area (Å²) in [6, 6.07) is 9.86. The molecule has 108 valence electrons. The summed E-state index contributed by atoms with van der Waals surface area (Å²) in [6.07, 6.45) is 0. The lowest BCUT2D eigenvalue weighted by Crippen LogP contribution is -2.16. The van der Waals surface area contributed by atoms with Gasteiger partial charge in [0.2, 0.25) is 0 Å². The summed E-state index contributed by atoms with van der Waals surface area (Å²) in [5.74, 6) is -1.47. The van der Waals surface area contributed by atoms with Gasteiger partial charge in [-0.3, -0.25) is 4.79 Å². The Morgan fingerprint density at radius 3 is 2.48 bits per heavy atom. The van der Waals surface area contributed by atoms with E-state index in [-0.39, 0.29) is 17.2 Å². The molecule has 0 aliphatic heterocycles. The van der Waals surface area contributed by atoms with Gasteiger partial charge in [0.15, 0.2) is 0 Å². The van der Waals surface area contributed by atoms with Crippen LogP contribution in [0.1, 0.15) is 31.8 Å². The van der Waals surface area contributed by atoms with Crippen LogP contribution >= 0.6 is 11.6 Å². The van der Waals surface area contributed by atoms with Gasteiger partial charge in [0.1, 0.15) is 0 Å². The van der Waals surface area contributed by atoms with Crippen molar-refractivity contribution in [3.63, 3.8) is 0 Å². The molecule has 2 N–H and O–H groups in total. The van der Waals surface area contributed by atoms with Gasteiger partial charge >= 0.3 is 5.97 Å². The minimum atomic E-state index is -1.09. The Morgan fingerprint density at radius 2 is 1.81 bits per heavy atom. The van der Waals surface area contributed by atoms with E-state index in [1.54, 1.807) is 44.2 Å². The van der Waals surface area contributed by atoms with Gasteiger partial charge < -0.3 is 10.4 Å². The van der Waals surface area contributed by atoms with Crippen molar-refractivity contribution < 1.29 is 14.7 Å². The third-order valence-electron chi connectivity index (χ3n) is 3.17. The first-order valence-electron chi connectivity index (χ1n) is 6.30. The van der Waals surface area contributed by atoms with Crippen molar-refractivity contribution in [3.8, 4) is 0 Å². The van der Waals surface area contributed by atoms with E-state index in [2.05, 4.69) is 5.32 Å². The van der Waals surface area contributed by atoms with Crippen LogP contribution in [0.2, 0.25) is 5.02 Å². The van der Waals surface area contributed by atoms with Crippen molar-refractivity contribution in [2.75, 3.05) is 5.32 Å². The number of rotatable bonds is 3. The number of aromatic carboxylic acids is 1. The molecule has 0 saturated heterocycles. The first-order valence-corrected chi connectivity index (χ1v) is 6.68. The Labute approximate surface area is 127 Å². The fourth-order valence-corrected chi connectivity index (χ4v) is 2.16. The maximum atomic E-state index is 12.3. The van der Waals surface area contributed by atoms with Crippen LogP contribution < -0.4 is 5.32 Å². The summed E-state index contributed by atoms with van der Waals surface area (Å²) < 4.78 is 0. The number of carbonyl (C=O) groups excluding carboxylic acids is 1. The zero-order valence-corrected chi connectivity index (χ0v) is 12.4. The zero-order chi connectivity index (χ0) is 15.6. The van der Waals surface area contributed by atoms with E-state index in [0.717, 1.165) is 5.56 Å². The second-order valence-corrected chi connectivity index (χ2v) is 5.13. The van der Waals surface area contributed by atoms with E-state index in [4.69, 9.17) is 11.6 Å². The maximum absolute atomic E-state index is 12.3. The molecule has 2 aromatic rings. The molecular formula is C16H14ClNO3. The molecule has 0 aromatic heterocycles. The number of benzene rings is 2. The molecule has 0 spiro atoms. The lowest BCUT2D eigenvalue weighted by Gasteiger charge is -2.11. The van der Waals surface area contributed by atoms with Crippen LogP contribution in [0.15, 0.2) is 36.4 Å². The lowest BCUT2D eigenvalue weighted by atomic mass is 10.1. The number of hydrogen-bond acceptors (Lipinski definition) is 2. The van der Waals surface area contributed by atoms with Crippen LogP contribution in [-0.2, 0) is 0 Å². The fraction of sp³-hybridized carbons (Fsp3) is 0.125. The largest absolute Gasteiger partial charge is 0.478 e. The molecule has 21 heavy (non-hydrogen) atoms. The SMILES string of the molecule is Cc1ccc(NC(=O)c2cccc(Cl)c2C)c(C(=O)O)c1. The summed E-state index contributed by atoms with van der Waals surface area (Å²) in [5.41, 5.74) is 2.20. The summed E-state index contributed by atoms with van der Waals surface area (Å²) >= 11 is 5.99. The van der Waals surface area contributed by atoms with Crippen LogP contribution in [0.3, 0.4) is 0 Å². The lowest BCUT2D eigenvalue weighted by molar-refractivity contribution is 0.0698. The van der Waals surface area contributed by atoms with Gasteiger partial charge in [-0.05, 0) is 43.7 Å². The Kier molecular flexibility index (Phi) is 4.29. The number of aryl methyl sites for hydroxylation is 1. The number of carboxylic acids is 1. The number of hydrogen-bond donors (Lipinski definition) is 2. The minimum Gasteiger partial charge on any atom is -0.478 e. The summed E-state index contributed by atoms with van der Waals surface area (Å²) in [5, 5.41) is 12.3. The molecule has 0 aliphatic carbocycles. The molecular weight excluding hydrogens is 290 g/mol. The third kappa shape index (κ3) is 3.23. The molecule has 2 rings (SSSR count). The van der Waals surface area contributed by atoms with E-state index in [1.165, 1.54) is 6.07 Å². The Balaban J connectivity index is 2.36. The monoisotopic (exact) mass is 303 g/mol. The summed E-state index contributed by atoms with van der Waals surface area (Å²) in [6.45, 7) is 3.53. The third-order valence-corrected chi connectivity index (χ3v) is 3.58. The van der Waals surface area contributed by atoms with Gasteiger partial charge in [0, 0.05) is 10.6 Å². The predicted molar refractivity (Wildman–Crippen MR) is 82.3 cm³/mol. The van der Waals surface area contributed by atoms with E-state index >= 15 is 0 Å². The highest BCUT2D eigenvalue weighted by atomic mass is 35.5. The van der Waals surface area contributed by atoms with E-state index in [9.17, 15) is 14.7 Å². The highest BCUT2D eigenvalue weighted by Gasteiger charge is 2.15. The smallest absolute Gasteiger partial charge is 0.337 e. The van der Waals surface area contributed by atoms with Crippen molar-refractivity contribution in [3.05, 3.63) is 63.7 Å². The van der Waals surface area contributed by atoms with Gasteiger partial charge in [-0.2, -0.15) is 0 Å². The Bertz CT molecular complexity index is 725. The molecule has 0 fully saturated rings. The van der Waals surface area contributed by atoms with Crippen LogP contribution in [-0.4, -0.2) is 17.0 Å². The molecule has 0 atom stereocenters. The maximum Gasteiger partial charge on any atom is 0.337 e. The molecule has 5 heteroatoms. The quantitative estimate of drug-likeness (QED) is 0.903. The van der Waals surface area contributed by atoms with Crippen molar-refractivity contribution in [2.24, 2.45) is 0 Å². The average Bonchev–Trinajstić information content (AvgIpc) is 2.43. The highest BCUT2D eigenvalue weighted by molar-refractivity contribution is 6.32. The normalized spacial score (nSPS) is 10.2. The van der Waals surface area contributed by atoms with Crippen LogP contribution in [0, 0.1) is 13.8 Å². The minimum absolute atomic E-state index is 0.0584. The van der Waals surface area contributed by atoms with Gasteiger partial charge in [0.05, 0.1) is 11.3 Å². The number of halogens is 1. The number of amides is 1. The second kappa shape index (κ2) is 5.97. The molecule has 0 heterocycles. The van der Waals surface area contributed by atoms with Crippen molar-refractivity contribution >= 4 is 29.2 Å². The number of carboxylic acid groups (broad SMARTS) is 1. The van der Waals surface area contributed by atoms with Crippen molar-refractivity contribution in [1.29, 1.82) is 0 Å². The second-order valence-electron chi connectivity index (χ2n) is 4.72. The zero-order valence-electron chi connectivity index (χ0n) is 11.6. The molecule has 4 nitrogen and oxygen atoms in total. The number of carbonyl (C=O) groups is 2. The highest BCUT2D eigenvalue weighted by Crippen LogP contribution is 2.22. The summed E-state index contributed by atoms with van der Waals surface area (Å²) in [7, 11) is 0. The molecule has 0 bridgehead atoms. The number of anilines is 1. The van der Waals surface area contributed by atoms with Crippen molar-refractivity contribution in [1.82, 2.24) is 0 Å². The standard InChI is InChI=1S/C16H14ClNO3/c1-9-6-7-14(12(8-9)16(20)21)18-15(19)11-4-3-5-13(17)10(11)2/h3-8H,1-2H3,(H,18,19)(H,20,21). The molecule has 0 unspecified atom stereocenters. The predicted octanol–water partition coefficient (Wildman–Crippen LogP) is 3.91. The van der Waals surface area contributed by atoms with E-state index in [0.29, 0.717) is 16.1 Å².